The van der Waals surface area contributed by atoms with Gasteiger partial charge in [0.1, 0.15) is 5.69 Å². The Morgan fingerprint density at radius 3 is 2.74 bits per heavy atom. The highest BCUT2D eigenvalue weighted by atomic mass is 32.2. The fourth-order valence-electron chi connectivity index (χ4n) is 3.28. The van der Waals surface area contributed by atoms with E-state index in [-0.39, 0.29) is 12.5 Å². The van der Waals surface area contributed by atoms with E-state index in [1.807, 2.05) is 26.0 Å². The van der Waals surface area contributed by atoms with Crippen molar-refractivity contribution in [3.63, 3.8) is 0 Å². The molecule has 2 heterocycles. The van der Waals surface area contributed by atoms with E-state index in [1.165, 1.54) is 0 Å². The summed E-state index contributed by atoms with van der Waals surface area (Å²) < 4.78 is 23.1. The Bertz CT molecular complexity index is 870. The lowest BCUT2D eigenvalue weighted by Gasteiger charge is -2.31. The van der Waals surface area contributed by atoms with E-state index in [9.17, 15) is 13.2 Å². The SMILES string of the molecule is Cc1cc(C)c2cc(C(=O)N3CCC[C@@H](S(N)(=O)=O)C3)[nH]c2c1. The van der Waals surface area contributed by atoms with Crippen LogP contribution in [0.25, 0.3) is 10.9 Å². The number of hydrogen-bond donors (Lipinski definition) is 2. The van der Waals surface area contributed by atoms with Gasteiger partial charge in [-0.25, -0.2) is 13.6 Å². The number of primary sulfonamides is 1. The number of carbonyl (C=O) groups is 1. The van der Waals surface area contributed by atoms with E-state index >= 15 is 0 Å². The van der Waals surface area contributed by atoms with Crippen molar-refractivity contribution in [1.82, 2.24) is 9.88 Å². The van der Waals surface area contributed by atoms with Crippen molar-refractivity contribution in [3.05, 3.63) is 35.0 Å². The average molecular weight is 335 g/mol. The first-order chi connectivity index (χ1) is 10.8. The van der Waals surface area contributed by atoms with Gasteiger partial charge in [0.2, 0.25) is 10.0 Å². The van der Waals surface area contributed by atoms with Crippen LogP contribution in [-0.4, -0.2) is 42.5 Å². The summed E-state index contributed by atoms with van der Waals surface area (Å²) in [6.45, 7) is 4.73. The third-order valence-electron chi connectivity index (χ3n) is 4.45. The quantitative estimate of drug-likeness (QED) is 0.874. The third-order valence-corrected chi connectivity index (χ3v) is 5.76. The molecule has 23 heavy (non-hydrogen) atoms. The summed E-state index contributed by atoms with van der Waals surface area (Å²) in [6.07, 6.45) is 1.15. The number of piperidine rings is 1. The Labute approximate surface area is 135 Å². The molecule has 124 valence electrons. The molecule has 3 N–H and O–H groups in total. The number of nitrogens with two attached hydrogens (primary N) is 1. The van der Waals surface area contributed by atoms with E-state index in [2.05, 4.69) is 11.1 Å². The number of H-pyrrole nitrogens is 1. The third kappa shape index (κ3) is 3.11. The molecule has 1 atom stereocenters. The van der Waals surface area contributed by atoms with Crippen LogP contribution in [0.1, 0.15) is 34.5 Å². The van der Waals surface area contributed by atoms with E-state index in [4.69, 9.17) is 5.14 Å². The lowest BCUT2D eigenvalue weighted by Crippen LogP contribution is -2.47. The number of fused-ring (bicyclic) bond motifs is 1. The first kappa shape index (κ1) is 16.0. The zero-order valence-electron chi connectivity index (χ0n) is 13.3. The summed E-state index contributed by atoms with van der Waals surface area (Å²) in [4.78, 5) is 17.4. The van der Waals surface area contributed by atoms with Crippen molar-refractivity contribution in [3.8, 4) is 0 Å². The van der Waals surface area contributed by atoms with Crippen molar-refractivity contribution in [2.75, 3.05) is 13.1 Å². The lowest BCUT2D eigenvalue weighted by atomic mass is 10.1. The molecule has 1 aliphatic rings. The van der Waals surface area contributed by atoms with E-state index < -0.39 is 15.3 Å². The summed E-state index contributed by atoms with van der Waals surface area (Å²) in [7, 11) is -3.62. The molecule has 7 heteroatoms. The number of benzene rings is 1. The number of aromatic nitrogens is 1. The number of likely N-dealkylation sites (tertiary alicyclic amines) is 1. The standard InChI is InChI=1S/C16H21N3O3S/c1-10-6-11(2)13-8-15(18-14(13)7-10)16(20)19-5-3-4-12(9-19)23(17,21)22/h6-8,12,18H,3-5,9H2,1-2H3,(H2,17,21,22)/t12-/m1/s1. The van der Waals surface area contributed by atoms with Gasteiger partial charge in [0.25, 0.3) is 5.91 Å². The molecule has 1 aromatic carbocycles. The normalized spacial score (nSPS) is 19.3. The molecule has 0 unspecified atom stereocenters. The molecular formula is C16H21N3O3S. The van der Waals surface area contributed by atoms with Crippen LogP contribution in [0.15, 0.2) is 18.2 Å². The number of nitrogens with one attached hydrogen (secondary N) is 1. The Balaban J connectivity index is 1.90. The molecule has 6 nitrogen and oxygen atoms in total. The largest absolute Gasteiger partial charge is 0.351 e. The highest BCUT2D eigenvalue weighted by Gasteiger charge is 2.31. The second kappa shape index (κ2) is 5.65. The minimum Gasteiger partial charge on any atom is -0.351 e. The number of aryl methyl sites for hydroxylation is 2. The Hall–Kier alpha value is -1.86. The van der Waals surface area contributed by atoms with Gasteiger partial charge in [-0.3, -0.25) is 4.79 Å². The van der Waals surface area contributed by atoms with Gasteiger partial charge in [-0.2, -0.15) is 0 Å². The Morgan fingerprint density at radius 1 is 1.30 bits per heavy atom. The summed E-state index contributed by atoms with van der Waals surface area (Å²) in [5.74, 6) is -0.174. The predicted molar refractivity (Wildman–Crippen MR) is 89.8 cm³/mol. The van der Waals surface area contributed by atoms with Crippen LogP contribution < -0.4 is 5.14 Å². The van der Waals surface area contributed by atoms with Gasteiger partial charge in [-0.1, -0.05) is 6.07 Å². The van der Waals surface area contributed by atoms with Crippen LogP contribution in [0.5, 0.6) is 0 Å². The maximum atomic E-state index is 12.7. The molecular weight excluding hydrogens is 314 g/mol. The minimum absolute atomic E-state index is 0.158. The zero-order valence-corrected chi connectivity index (χ0v) is 14.1. The molecule has 0 saturated carbocycles. The molecule has 2 aromatic rings. The lowest BCUT2D eigenvalue weighted by molar-refractivity contribution is 0.0722. The fourth-order valence-corrected chi connectivity index (χ4v) is 4.16. The van der Waals surface area contributed by atoms with Crippen molar-refractivity contribution in [2.24, 2.45) is 5.14 Å². The molecule has 0 aliphatic carbocycles. The summed E-state index contributed by atoms with van der Waals surface area (Å²) in [5, 5.41) is 5.58. The molecule has 0 bridgehead atoms. The average Bonchev–Trinajstić information content (AvgIpc) is 2.90. The number of amides is 1. The second-order valence-electron chi connectivity index (χ2n) is 6.33. The van der Waals surface area contributed by atoms with Gasteiger partial charge in [-0.15, -0.1) is 0 Å². The van der Waals surface area contributed by atoms with E-state index in [0.29, 0.717) is 25.1 Å². The van der Waals surface area contributed by atoms with Crippen LogP contribution in [-0.2, 0) is 10.0 Å². The topological polar surface area (TPSA) is 96.3 Å². The molecule has 1 amide bonds. The van der Waals surface area contributed by atoms with Gasteiger partial charge < -0.3 is 9.88 Å². The van der Waals surface area contributed by atoms with Crippen molar-refractivity contribution >= 4 is 26.8 Å². The molecule has 0 radical (unpaired) electrons. The van der Waals surface area contributed by atoms with Gasteiger partial charge in [0, 0.05) is 24.0 Å². The summed E-state index contributed by atoms with van der Waals surface area (Å²) in [5.41, 5.74) is 3.65. The van der Waals surface area contributed by atoms with Crippen LogP contribution >= 0.6 is 0 Å². The molecule has 1 saturated heterocycles. The maximum absolute atomic E-state index is 12.7. The number of rotatable bonds is 2. The maximum Gasteiger partial charge on any atom is 0.270 e. The molecule has 1 aliphatic heterocycles. The Kier molecular flexibility index (Phi) is 3.93. The molecule has 1 aromatic heterocycles. The van der Waals surface area contributed by atoms with Crippen LogP contribution in [0.3, 0.4) is 0 Å². The van der Waals surface area contributed by atoms with Gasteiger partial charge >= 0.3 is 0 Å². The monoisotopic (exact) mass is 335 g/mol. The molecule has 1 fully saturated rings. The number of hydrogen-bond acceptors (Lipinski definition) is 3. The number of nitrogens with zero attached hydrogens (tertiary/aromatic N) is 1. The van der Waals surface area contributed by atoms with Crippen molar-refractivity contribution in [2.45, 2.75) is 31.9 Å². The molecule has 3 rings (SSSR count). The van der Waals surface area contributed by atoms with E-state index in [1.54, 1.807) is 4.90 Å². The molecule has 0 spiro atoms. The highest BCUT2D eigenvalue weighted by molar-refractivity contribution is 7.89. The zero-order chi connectivity index (χ0) is 16.8. The number of aromatic amines is 1. The van der Waals surface area contributed by atoms with E-state index in [0.717, 1.165) is 22.0 Å². The minimum atomic E-state index is -3.62. The number of sulfonamides is 1. The first-order valence-corrected chi connectivity index (χ1v) is 9.27. The van der Waals surface area contributed by atoms with Gasteiger partial charge in [0.05, 0.1) is 5.25 Å². The van der Waals surface area contributed by atoms with Crippen LogP contribution in [0.4, 0.5) is 0 Å². The van der Waals surface area contributed by atoms with Crippen molar-refractivity contribution in [1.29, 1.82) is 0 Å². The summed E-state index contributed by atoms with van der Waals surface area (Å²) in [6, 6.07) is 5.91. The van der Waals surface area contributed by atoms with Gasteiger partial charge in [-0.05, 0) is 49.9 Å². The van der Waals surface area contributed by atoms with Crippen molar-refractivity contribution < 1.29 is 13.2 Å². The first-order valence-electron chi connectivity index (χ1n) is 7.66. The predicted octanol–water partition coefficient (Wildman–Crippen LogP) is 1.68. The highest BCUT2D eigenvalue weighted by Crippen LogP contribution is 2.23. The smallest absolute Gasteiger partial charge is 0.270 e. The van der Waals surface area contributed by atoms with Crippen LogP contribution in [0, 0.1) is 13.8 Å². The number of carbonyl (C=O) groups excluding carboxylic acids is 1. The van der Waals surface area contributed by atoms with Crippen LogP contribution in [0.2, 0.25) is 0 Å². The Morgan fingerprint density at radius 2 is 2.04 bits per heavy atom. The summed E-state index contributed by atoms with van der Waals surface area (Å²) >= 11 is 0. The van der Waals surface area contributed by atoms with Gasteiger partial charge in [0.15, 0.2) is 0 Å². The fraction of sp³-hybridized carbons (Fsp3) is 0.438. The second-order valence-corrected chi connectivity index (χ2v) is 8.18.